The van der Waals surface area contributed by atoms with Gasteiger partial charge in [0.2, 0.25) is 0 Å². The Bertz CT molecular complexity index is 392. The van der Waals surface area contributed by atoms with Crippen molar-refractivity contribution in [2.24, 2.45) is 0 Å². The van der Waals surface area contributed by atoms with Crippen LogP contribution in [0.5, 0.6) is 0 Å². The molecule has 0 radical (unpaired) electrons. The normalized spacial score (nSPS) is 13.5. The highest BCUT2D eigenvalue weighted by Gasteiger charge is 2.01. The zero-order valence-electron chi connectivity index (χ0n) is 6.71. The monoisotopic (exact) mass is 224 g/mol. The highest BCUT2D eigenvalue weighted by Crippen LogP contribution is 2.24. The van der Waals surface area contributed by atoms with Crippen LogP contribution in [0.2, 0.25) is 0 Å². The highest BCUT2D eigenvalue weighted by atomic mass is 79.9. The van der Waals surface area contributed by atoms with Crippen LogP contribution in [0.3, 0.4) is 0 Å². The molecule has 12 heavy (non-hydrogen) atoms. The van der Waals surface area contributed by atoms with Gasteiger partial charge in [0.25, 0.3) is 0 Å². The average Bonchev–Trinajstić information content (AvgIpc) is 2.49. The van der Waals surface area contributed by atoms with E-state index < -0.39 is 0 Å². The van der Waals surface area contributed by atoms with Crippen molar-refractivity contribution in [3.05, 3.63) is 30.0 Å². The molecular formula is C9H9BrN2. The van der Waals surface area contributed by atoms with Gasteiger partial charge in [0, 0.05) is 10.2 Å². The molecular weight excluding hydrogens is 216 g/mol. The lowest BCUT2D eigenvalue weighted by molar-refractivity contribution is 1.12. The van der Waals surface area contributed by atoms with Crippen LogP contribution >= 0.6 is 15.9 Å². The van der Waals surface area contributed by atoms with Crippen molar-refractivity contribution in [3.8, 4) is 0 Å². The molecule has 2 nitrogen and oxygen atoms in total. The summed E-state index contributed by atoms with van der Waals surface area (Å²) in [5.74, 6) is 0. The number of benzene rings is 1. The third-order valence-corrected chi connectivity index (χ3v) is 2.45. The zero-order chi connectivity index (χ0) is 8.55. The lowest BCUT2D eigenvalue weighted by Gasteiger charge is -2.01. The maximum atomic E-state index is 3.96. The van der Waals surface area contributed by atoms with Crippen molar-refractivity contribution in [1.82, 2.24) is 10.2 Å². The molecule has 1 atom stereocenters. The third kappa shape index (κ3) is 1.25. The molecule has 0 aliphatic carbocycles. The summed E-state index contributed by atoms with van der Waals surface area (Å²) in [5.41, 5.74) is 2.37. The van der Waals surface area contributed by atoms with E-state index in [1.165, 1.54) is 10.9 Å². The Morgan fingerprint density at radius 2 is 2.33 bits per heavy atom. The summed E-state index contributed by atoms with van der Waals surface area (Å²) < 4.78 is 0. The number of H-pyrrole nitrogens is 1. The van der Waals surface area contributed by atoms with Gasteiger partial charge in [-0.25, -0.2) is 0 Å². The van der Waals surface area contributed by atoms with Crippen LogP contribution in [0.25, 0.3) is 10.9 Å². The van der Waals surface area contributed by atoms with E-state index in [1.54, 1.807) is 0 Å². The Morgan fingerprint density at radius 3 is 3.08 bits per heavy atom. The van der Waals surface area contributed by atoms with Crippen LogP contribution in [0.15, 0.2) is 24.4 Å². The van der Waals surface area contributed by atoms with E-state index in [-0.39, 0.29) is 0 Å². The molecule has 1 aromatic heterocycles. The lowest BCUT2D eigenvalue weighted by Crippen LogP contribution is -1.81. The van der Waals surface area contributed by atoms with E-state index in [1.807, 2.05) is 6.20 Å². The number of aromatic nitrogens is 2. The molecule has 0 aliphatic rings. The molecule has 1 N–H and O–H groups in total. The first-order valence-electron chi connectivity index (χ1n) is 3.84. The quantitative estimate of drug-likeness (QED) is 0.742. The van der Waals surface area contributed by atoms with Gasteiger partial charge in [-0.05, 0) is 24.6 Å². The molecule has 0 saturated carbocycles. The minimum Gasteiger partial charge on any atom is -0.278 e. The van der Waals surface area contributed by atoms with Crippen LogP contribution in [0.4, 0.5) is 0 Å². The second-order valence-electron chi connectivity index (χ2n) is 2.83. The first-order chi connectivity index (χ1) is 5.77. The lowest BCUT2D eigenvalue weighted by atomic mass is 10.1. The van der Waals surface area contributed by atoms with Crippen molar-refractivity contribution >= 4 is 26.8 Å². The van der Waals surface area contributed by atoms with Crippen LogP contribution in [0, 0.1) is 0 Å². The van der Waals surface area contributed by atoms with Crippen LogP contribution < -0.4 is 0 Å². The smallest absolute Gasteiger partial charge is 0.0650 e. The summed E-state index contributed by atoms with van der Waals surface area (Å²) in [5, 5.41) is 8.05. The summed E-state index contributed by atoms with van der Waals surface area (Å²) >= 11 is 3.53. The molecule has 0 spiro atoms. The van der Waals surface area contributed by atoms with Crippen molar-refractivity contribution in [1.29, 1.82) is 0 Å². The second kappa shape index (κ2) is 2.90. The van der Waals surface area contributed by atoms with Gasteiger partial charge in [-0.3, -0.25) is 5.10 Å². The van der Waals surface area contributed by atoms with Crippen molar-refractivity contribution in [2.75, 3.05) is 0 Å². The van der Waals surface area contributed by atoms with E-state index in [0.717, 1.165) is 5.52 Å². The number of halogens is 1. The molecule has 2 rings (SSSR count). The fraction of sp³-hybridized carbons (Fsp3) is 0.222. The first kappa shape index (κ1) is 7.80. The maximum Gasteiger partial charge on any atom is 0.0650 e. The Labute approximate surface area is 79.1 Å². The summed E-state index contributed by atoms with van der Waals surface area (Å²) in [4.78, 5) is 0.400. The number of hydrogen-bond donors (Lipinski definition) is 1. The minimum absolute atomic E-state index is 0.400. The van der Waals surface area contributed by atoms with Gasteiger partial charge in [-0.2, -0.15) is 5.10 Å². The molecule has 0 amide bonds. The summed E-state index contributed by atoms with van der Waals surface area (Å²) in [6.07, 6.45) is 1.84. The molecule has 1 aromatic carbocycles. The molecule has 2 aromatic rings. The minimum atomic E-state index is 0.400. The number of nitrogens with one attached hydrogen (secondary N) is 1. The van der Waals surface area contributed by atoms with Crippen LogP contribution in [-0.2, 0) is 0 Å². The zero-order valence-corrected chi connectivity index (χ0v) is 8.30. The first-order valence-corrected chi connectivity index (χ1v) is 4.76. The largest absolute Gasteiger partial charge is 0.278 e. The molecule has 62 valence electrons. The average molecular weight is 225 g/mol. The summed E-state index contributed by atoms with van der Waals surface area (Å²) in [6.45, 7) is 2.11. The van der Waals surface area contributed by atoms with E-state index in [9.17, 15) is 0 Å². The van der Waals surface area contributed by atoms with Gasteiger partial charge in [0.1, 0.15) is 0 Å². The fourth-order valence-corrected chi connectivity index (χ4v) is 1.49. The molecule has 3 heteroatoms. The number of hydrogen-bond acceptors (Lipinski definition) is 1. The van der Waals surface area contributed by atoms with Gasteiger partial charge < -0.3 is 0 Å². The molecule has 1 unspecified atom stereocenters. The second-order valence-corrected chi connectivity index (χ2v) is 4.21. The highest BCUT2D eigenvalue weighted by molar-refractivity contribution is 9.09. The van der Waals surface area contributed by atoms with E-state index in [0.29, 0.717) is 4.83 Å². The predicted octanol–water partition coefficient (Wildman–Crippen LogP) is 3.02. The van der Waals surface area contributed by atoms with E-state index in [2.05, 4.69) is 51.3 Å². The Hall–Kier alpha value is -0.830. The van der Waals surface area contributed by atoms with Crippen molar-refractivity contribution in [2.45, 2.75) is 11.8 Å². The maximum absolute atomic E-state index is 3.96. The third-order valence-electron chi connectivity index (χ3n) is 1.92. The molecule has 1 heterocycles. The van der Waals surface area contributed by atoms with Gasteiger partial charge in [-0.1, -0.05) is 22.0 Å². The Morgan fingerprint density at radius 1 is 1.50 bits per heavy atom. The Balaban J connectivity index is 2.60. The predicted molar refractivity (Wildman–Crippen MR) is 53.4 cm³/mol. The molecule has 0 saturated heterocycles. The number of rotatable bonds is 1. The topological polar surface area (TPSA) is 28.7 Å². The molecule has 0 fully saturated rings. The van der Waals surface area contributed by atoms with Crippen molar-refractivity contribution < 1.29 is 0 Å². The van der Waals surface area contributed by atoms with E-state index >= 15 is 0 Å². The standard InChI is InChI=1S/C9H9BrN2/c1-6(10)7-2-3-9-8(4-7)5-11-12-9/h2-6H,1H3,(H,11,12). The Kier molecular flexibility index (Phi) is 1.89. The SMILES string of the molecule is CC(Br)c1ccc2[nH]ncc2c1. The number of alkyl halides is 1. The number of fused-ring (bicyclic) bond motifs is 1. The van der Waals surface area contributed by atoms with Crippen LogP contribution in [0.1, 0.15) is 17.3 Å². The number of nitrogens with zero attached hydrogens (tertiary/aromatic N) is 1. The summed E-state index contributed by atoms with van der Waals surface area (Å²) in [6, 6.07) is 6.29. The molecule has 0 bridgehead atoms. The van der Waals surface area contributed by atoms with Gasteiger partial charge in [0.15, 0.2) is 0 Å². The van der Waals surface area contributed by atoms with Crippen molar-refractivity contribution in [3.63, 3.8) is 0 Å². The van der Waals surface area contributed by atoms with Gasteiger partial charge in [-0.15, -0.1) is 0 Å². The summed E-state index contributed by atoms with van der Waals surface area (Å²) in [7, 11) is 0. The molecule has 0 aliphatic heterocycles. The fourth-order valence-electron chi connectivity index (χ4n) is 1.21. The van der Waals surface area contributed by atoms with Gasteiger partial charge in [0.05, 0.1) is 11.7 Å². The van der Waals surface area contributed by atoms with E-state index in [4.69, 9.17) is 0 Å². The number of aromatic amines is 1. The van der Waals surface area contributed by atoms with Gasteiger partial charge >= 0.3 is 0 Å². The van der Waals surface area contributed by atoms with Crippen LogP contribution in [-0.4, -0.2) is 10.2 Å².